The van der Waals surface area contributed by atoms with E-state index in [4.69, 9.17) is 18.9 Å². The van der Waals surface area contributed by atoms with Gasteiger partial charge in [-0.05, 0) is 144 Å². The molecule has 0 atom stereocenters. The quantitative estimate of drug-likeness (QED) is 0.0357. The molecular formula is C58H44N2O8. The summed E-state index contributed by atoms with van der Waals surface area (Å²) in [4.78, 5) is 51.1. The fourth-order valence-electron chi connectivity index (χ4n) is 6.75. The van der Waals surface area contributed by atoms with Gasteiger partial charge in [-0.2, -0.15) is 0 Å². The first-order chi connectivity index (χ1) is 33.1. The van der Waals surface area contributed by atoms with Crippen LogP contribution in [0.3, 0.4) is 0 Å². The molecule has 68 heavy (non-hydrogen) atoms. The third-order valence-corrected chi connectivity index (χ3v) is 10.1. The van der Waals surface area contributed by atoms with E-state index in [1.165, 1.54) is 0 Å². The molecule has 0 heterocycles. The van der Waals surface area contributed by atoms with Crippen molar-refractivity contribution in [2.24, 2.45) is 0 Å². The lowest BCUT2D eigenvalue weighted by molar-refractivity contribution is -0.129. The minimum absolute atomic E-state index is 0.387. The third kappa shape index (κ3) is 12.4. The average Bonchev–Trinajstić information content (AvgIpc) is 3.38. The van der Waals surface area contributed by atoms with Crippen LogP contribution in [0.5, 0.6) is 23.0 Å². The van der Waals surface area contributed by atoms with E-state index in [0.717, 1.165) is 80.7 Å². The number of hydrogen-bond acceptors (Lipinski definition) is 10. The second-order valence-electron chi connectivity index (χ2n) is 14.7. The van der Waals surface area contributed by atoms with E-state index in [9.17, 15) is 19.2 Å². The number of carbonyl (C=O) groups excluding carboxylic acids is 4. The van der Waals surface area contributed by atoms with E-state index in [1.807, 2.05) is 119 Å². The van der Waals surface area contributed by atoms with Crippen LogP contribution in [0.1, 0.15) is 22.3 Å². The van der Waals surface area contributed by atoms with Gasteiger partial charge < -0.3 is 28.7 Å². The SMILES string of the molecule is C=CC(=O)Oc1ccc(N(c2ccc(C=Cc3ccc(C=Cc4ccc(N(c5ccc(OC(=O)C=C)cc5)c5ccc(OC(=O)C=C)cc5)cc4)cc3)cc2)c2ccc(OC(=O)C=C)cc2)cc1. The molecule has 0 saturated carbocycles. The Bertz CT molecular complexity index is 2650. The van der Waals surface area contributed by atoms with Crippen LogP contribution in [0.25, 0.3) is 24.3 Å². The predicted octanol–water partition coefficient (Wildman–Crippen LogP) is 13.3. The largest absolute Gasteiger partial charge is 0.423 e. The van der Waals surface area contributed by atoms with Crippen LogP contribution in [0, 0.1) is 0 Å². The fraction of sp³-hybridized carbons (Fsp3) is 0. The van der Waals surface area contributed by atoms with Crippen molar-refractivity contribution in [2.75, 3.05) is 9.80 Å². The van der Waals surface area contributed by atoms with Crippen LogP contribution in [-0.2, 0) is 19.2 Å². The highest BCUT2D eigenvalue weighted by atomic mass is 16.5. The highest BCUT2D eigenvalue weighted by Gasteiger charge is 2.16. The first-order valence-corrected chi connectivity index (χ1v) is 21.1. The molecule has 0 bridgehead atoms. The minimum atomic E-state index is -0.547. The van der Waals surface area contributed by atoms with Crippen LogP contribution >= 0.6 is 0 Å². The van der Waals surface area contributed by atoms with Crippen molar-refractivity contribution in [1.82, 2.24) is 0 Å². The minimum Gasteiger partial charge on any atom is -0.423 e. The Morgan fingerprint density at radius 3 is 0.618 bits per heavy atom. The summed E-state index contributed by atoms with van der Waals surface area (Å²) in [5.41, 5.74) is 9.04. The van der Waals surface area contributed by atoms with Crippen LogP contribution in [-0.4, -0.2) is 23.9 Å². The number of esters is 4. The second-order valence-corrected chi connectivity index (χ2v) is 14.7. The molecule has 7 rings (SSSR count). The Morgan fingerprint density at radius 2 is 0.441 bits per heavy atom. The fourth-order valence-corrected chi connectivity index (χ4v) is 6.75. The highest BCUT2D eigenvalue weighted by Crippen LogP contribution is 2.38. The first-order valence-electron chi connectivity index (χ1n) is 21.1. The van der Waals surface area contributed by atoms with Gasteiger partial charge in [0, 0.05) is 58.4 Å². The number of nitrogens with zero attached hydrogens (tertiary/aromatic N) is 2. The molecule has 0 aliphatic rings. The summed E-state index contributed by atoms with van der Waals surface area (Å²) in [6.07, 6.45) is 12.6. The Morgan fingerprint density at radius 1 is 0.279 bits per heavy atom. The maximum absolute atomic E-state index is 11.8. The van der Waals surface area contributed by atoms with Crippen LogP contribution in [0.2, 0.25) is 0 Å². The summed E-state index contributed by atoms with van der Waals surface area (Å²) in [6.45, 7) is 13.8. The normalized spacial score (nSPS) is 10.7. The molecule has 7 aromatic carbocycles. The molecule has 0 aliphatic carbocycles. The lowest BCUT2D eigenvalue weighted by Crippen LogP contribution is -2.10. The van der Waals surface area contributed by atoms with Gasteiger partial charge in [0.1, 0.15) is 23.0 Å². The van der Waals surface area contributed by atoms with Crippen molar-refractivity contribution in [3.05, 3.63) is 243 Å². The molecule has 0 aromatic heterocycles. The molecule has 0 amide bonds. The summed E-state index contributed by atoms with van der Waals surface area (Å²) in [5.74, 6) is -0.639. The van der Waals surface area contributed by atoms with Gasteiger partial charge >= 0.3 is 23.9 Å². The lowest BCUT2D eigenvalue weighted by atomic mass is 10.1. The molecule has 7 aromatic rings. The molecule has 10 heteroatoms. The average molecular weight is 897 g/mol. The molecular weight excluding hydrogens is 853 g/mol. The molecule has 0 N–H and O–H groups in total. The highest BCUT2D eigenvalue weighted by molar-refractivity contribution is 5.86. The summed E-state index contributed by atoms with van der Waals surface area (Å²) < 4.78 is 21.1. The van der Waals surface area contributed by atoms with E-state index < -0.39 is 23.9 Å². The van der Waals surface area contributed by atoms with Crippen molar-refractivity contribution < 1.29 is 38.1 Å². The first kappa shape index (κ1) is 46.5. The Balaban J connectivity index is 1.03. The van der Waals surface area contributed by atoms with E-state index in [2.05, 4.69) is 62.7 Å². The van der Waals surface area contributed by atoms with Gasteiger partial charge in [-0.1, -0.05) is 99.2 Å². The van der Waals surface area contributed by atoms with Gasteiger partial charge in [-0.15, -0.1) is 0 Å². The summed E-state index contributed by atoms with van der Waals surface area (Å²) >= 11 is 0. The van der Waals surface area contributed by atoms with Gasteiger partial charge in [0.15, 0.2) is 0 Å². The van der Waals surface area contributed by atoms with Gasteiger partial charge in [-0.25, -0.2) is 19.2 Å². The summed E-state index contributed by atoms with van der Waals surface area (Å²) in [7, 11) is 0. The second kappa shape index (κ2) is 22.4. The predicted molar refractivity (Wildman–Crippen MR) is 270 cm³/mol. The monoisotopic (exact) mass is 896 g/mol. The van der Waals surface area contributed by atoms with E-state index >= 15 is 0 Å². The Kier molecular flexibility index (Phi) is 15.3. The molecule has 0 fully saturated rings. The van der Waals surface area contributed by atoms with Gasteiger partial charge in [-0.3, -0.25) is 0 Å². The van der Waals surface area contributed by atoms with Crippen molar-refractivity contribution in [3.8, 4) is 23.0 Å². The lowest BCUT2D eigenvalue weighted by Gasteiger charge is -2.26. The molecule has 0 radical (unpaired) electrons. The van der Waals surface area contributed by atoms with Gasteiger partial charge in [0.2, 0.25) is 0 Å². The zero-order chi connectivity index (χ0) is 47.8. The van der Waals surface area contributed by atoms with E-state index in [-0.39, 0.29) is 0 Å². The van der Waals surface area contributed by atoms with Crippen molar-refractivity contribution in [2.45, 2.75) is 0 Å². The zero-order valence-electron chi connectivity index (χ0n) is 36.8. The number of rotatable bonds is 18. The molecule has 0 unspecified atom stereocenters. The van der Waals surface area contributed by atoms with Crippen molar-refractivity contribution in [1.29, 1.82) is 0 Å². The molecule has 0 saturated heterocycles. The third-order valence-electron chi connectivity index (χ3n) is 10.1. The van der Waals surface area contributed by atoms with Crippen molar-refractivity contribution >= 4 is 82.3 Å². The molecule has 10 nitrogen and oxygen atoms in total. The van der Waals surface area contributed by atoms with Gasteiger partial charge in [0.05, 0.1) is 0 Å². The Labute approximate surface area is 394 Å². The summed E-state index contributed by atoms with van der Waals surface area (Å²) in [5, 5.41) is 0. The van der Waals surface area contributed by atoms with Crippen LogP contribution < -0.4 is 28.7 Å². The number of hydrogen-bond donors (Lipinski definition) is 0. The maximum Gasteiger partial charge on any atom is 0.335 e. The number of ether oxygens (including phenoxy) is 4. The van der Waals surface area contributed by atoms with E-state index in [1.54, 1.807) is 48.5 Å². The maximum atomic E-state index is 11.8. The standard InChI is InChI=1S/C58H44N2O8/c1-5-55(61)65-51-33-25-47(26-34-51)59(48-27-35-52(36-28-48)66-56(62)6-2)45-21-17-43(18-22-45)15-13-41-9-11-42(12-10-41)14-16-44-19-23-46(24-20-44)60(49-29-37-53(38-30-49)67-57(63)7-3)50-31-39-54(40-32-50)68-58(64)8-4/h5-40H,1-4H2. The van der Waals surface area contributed by atoms with Crippen LogP contribution in [0.15, 0.2) is 220 Å². The molecule has 0 spiro atoms. The zero-order valence-corrected chi connectivity index (χ0v) is 36.8. The van der Waals surface area contributed by atoms with E-state index in [0.29, 0.717) is 23.0 Å². The number of benzene rings is 7. The number of anilines is 6. The topological polar surface area (TPSA) is 112 Å². The smallest absolute Gasteiger partial charge is 0.335 e. The number of carbonyl (C=O) groups is 4. The molecule has 0 aliphatic heterocycles. The van der Waals surface area contributed by atoms with Crippen LogP contribution in [0.4, 0.5) is 34.1 Å². The van der Waals surface area contributed by atoms with Crippen molar-refractivity contribution in [3.63, 3.8) is 0 Å². The van der Waals surface area contributed by atoms with Gasteiger partial charge in [0.25, 0.3) is 0 Å². The Hall–Kier alpha value is -9.54. The summed E-state index contributed by atoms with van der Waals surface area (Å²) in [6, 6.07) is 52.9. The molecule has 334 valence electrons.